The molecule has 1 aliphatic carbocycles. The van der Waals surface area contributed by atoms with Gasteiger partial charge in [0.1, 0.15) is 5.75 Å². The second-order valence-corrected chi connectivity index (χ2v) is 12.5. The largest absolute Gasteiger partial charge is 0.435 e. The SMILES string of the molecule is CC1(NC(=O)C2CCc3c(-c4cccc(OC(F)F)c4)nn(C(=O)c4ccccc4)c3C2)CCS(O)(O)C1. The van der Waals surface area contributed by atoms with Crippen molar-refractivity contribution >= 4 is 22.4 Å². The molecule has 0 spiro atoms. The zero-order valence-corrected chi connectivity index (χ0v) is 21.6. The first-order chi connectivity index (χ1) is 18.0. The molecule has 1 fully saturated rings. The normalized spacial score (nSPS) is 23.1. The highest BCUT2D eigenvalue weighted by molar-refractivity contribution is 8.24. The number of nitrogens with zero attached hydrogens (tertiary/aromatic N) is 2. The predicted octanol–water partition coefficient (Wildman–Crippen LogP) is 4.97. The van der Waals surface area contributed by atoms with Gasteiger partial charge < -0.3 is 10.1 Å². The first-order valence-corrected chi connectivity index (χ1v) is 14.2. The summed E-state index contributed by atoms with van der Waals surface area (Å²) >= 11 is 0. The number of fused-ring (bicyclic) bond motifs is 1. The molecule has 1 aliphatic heterocycles. The average Bonchev–Trinajstić information content (AvgIpc) is 3.39. The van der Waals surface area contributed by atoms with Crippen molar-refractivity contribution in [2.75, 3.05) is 11.5 Å². The van der Waals surface area contributed by atoms with E-state index in [1.807, 2.05) is 6.92 Å². The molecule has 8 nitrogen and oxygen atoms in total. The van der Waals surface area contributed by atoms with E-state index in [-0.39, 0.29) is 35.5 Å². The van der Waals surface area contributed by atoms with Crippen molar-refractivity contribution in [3.63, 3.8) is 0 Å². The maximum Gasteiger partial charge on any atom is 0.387 e. The van der Waals surface area contributed by atoms with Gasteiger partial charge in [0.15, 0.2) is 0 Å². The van der Waals surface area contributed by atoms with Crippen LogP contribution in [0, 0.1) is 5.92 Å². The van der Waals surface area contributed by atoms with Gasteiger partial charge in [0.05, 0.1) is 22.7 Å². The fraction of sp³-hybridized carbons (Fsp3) is 0.370. The van der Waals surface area contributed by atoms with Crippen LogP contribution < -0.4 is 10.1 Å². The Morgan fingerprint density at radius 2 is 1.95 bits per heavy atom. The summed E-state index contributed by atoms with van der Waals surface area (Å²) in [6, 6.07) is 14.8. The second-order valence-electron chi connectivity index (χ2n) is 10.2. The zero-order valence-electron chi connectivity index (χ0n) is 20.8. The minimum atomic E-state index is -2.97. The van der Waals surface area contributed by atoms with Crippen molar-refractivity contribution in [2.45, 2.75) is 44.8 Å². The Morgan fingerprint density at radius 1 is 1.18 bits per heavy atom. The molecular weight excluding hydrogens is 516 g/mol. The number of rotatable bonds is 6. The van der Waals surface area contributed by atoms with Crippen molar-refractivity contribution in [3.8, 4) is 17.0 Å². The fourth-order valence-corrected chi connectivity index (χ4v) is 7.46. The Bertz CT molecular complexity index is 1360. The number of amides is 1. The molecule has 2 atom stereocenters. The predicted molar refractivity (Wildman–Crippen MR) is 140 cm³/mol. The maximum absolute atomic E-state index is 13.5. The Hall–Kier alpha value is -3.28. The number of hydrogen-bond acceptors (Lipinski definition) is 6. The molecule has 0 radical (unpaired) electrons. The Balaban J connectivity index is 1.48. The molecular formula is C27H29F2N3O5S. The molecule has 202 valence electrons. The molecule has 2 unspecified atom stereocenters. The first-order valence-electron chi connectivity index (χ1n) is 12.3. The molecule has 2 aliphatic rings. The van der Waals surface area contributed by atoms with Crippen molar-refractivity contribution in [1.82, 2.24) is 15.1 Å². The van der Waals surface area contributed by atoms with E-state index in [0.29, 0.717) is 41.8 Å². The summed E-state index contributed by atoms with van der Waals surface area (Å²) in [4.78, 5) is 26.8. The van der Waals surface area contributed by atoms with Gasteiger partial charge in [-0.1, -0.05) is 30.3 Å². The maximum atomic E-state index is 13.5. The summed E-state index contributed by atoms with van der Waals surface area (Å²) in [5, 5.41) is 7.63. The topological polar surface area (TPSA) is 114 Å². The minimum absolute atomic E-state index is 0.0148. The molecule has 11 heteroatoms. The van der Waals surface area contributed by atoms with Gasteiger partial charge in [0.25, 0.3) is 5.91 Å². The molecule has 1 amide bonds. The summed E-state index contributed by atoms with van der Waals surface area (Å²) < 4.78 is 51.6. The van der Waals surface area contributed by atoms with Crippen LogP contribution in [0.25, 0.3) is 11.3 Å². The molecule has 1 aromatic heterocycles. The molecule has 2 heterocycles. The lowest BCUT2D eigenvalue weighted by Crippen LogP contribution is -2.49. The molecule has 0 bridgehead atoms. The van der Waals surface area contributed by atoms with E-state index in [0.717, 1.165) is 5.56 Å². The summed E-state index contributed by atoms with van der Waals surface area (Å²) in [5.41, 5.74) is 2.13. The molecule has 38 heavy (non-hydrogen) atoms. The quantitative estimate of drug-likeness (QED) is 0.403. The Labute approximate surface area is 220 Å². The van der Waals surface area contributed by atoms with E-state index in [2.05, 4.69) is 15.2 Å². The number of carbonyl (C=O) groups is 2. The van der Waals surface area contributed by atoms with Gasteiger partial charge in [-0.2, -0.15) is 29.2 Å². The number of aromatic nitrogens is 2. The number of alkyl halides is 2. The number of ether oxygens (including phenoxy) is 1. The van der Waals surface area contributed by atoms with Crippen molar-refractivity contribution in [2.24, 2.45) is 5.92 Å². The van der Waals surface area contributed by atoms with Crippen LogP contribution in [-0.2, 0) is 17.6 Å². The van der Waals surface area contributed by atoms with E-state index < -0.39 is 28.7 Å². The number of benzene rings is 2. The summed E-state index contributed by atoms with van der Waals surface area (Å²) in [7, 11) is -2.70. The van der Waals surface area contributed by atoms with E-state index in [4.69, 9.17) is 0 Å². The van der Waals surface area contributed by atoms with Gasteiger partial charge >= 0.3 is 6.61 Å². The van der Waals surface area contributed by atoms with Gasteiger partial charge in [-0.3, -0.25) is 18.7 Å². The van der Waals surface area contributed by atoms with Gasteiger partial charge in [0.2, 0.25) is 5.91 Å². The molecule has 3 aromatic rings. The van der Waals surface area contributed by atoms with Gasteiger partial charge in [-0.05, 0) is 50.5 Å². The third-order valence-electron chi connectivity index (χ3n) is 7.14. The molecule has 1 saturated heterocycles. The third kappa shape index (κ3) is 5.45. The monoisotopic (exact) mass is 545 g/mol. The lowest BCUT2D eigenvalue weighted by molar-refractivity contribution is -0.126. The number of hydrogen-bond donors (Lipinski definition) is 3. The minimum Gasteiger partial charge on any atom is -0.435 e. The van der Waals surface area contributed by atoms with Gasteiger partial charge in [0, 0.05) is 34.8 Å². The van der Waals surface area contributed by atoms with E-state index in [9.17, 15) is 27.5 Å². The number of carbonyl (C=O) groups excluding carboxylic acids is 2. The summed E-state index contributed by atoms with van der Waals surface area (Å²) in [6.07, 6.45) is 1.68. The smallest absolute Gasteiger partial charge is 0.387 e. The molecule has 0 saturated carbocycles. The molecule has 5 rings (SSSR count). The van der Waals surface area contributed by atoms with Crippen LogP contribution in [0.5, 0.6) is 5.75 Å². The van der Waals surface area contributed by atoms with Crippen LogP contribution in [0.4, 0.5) is 8.78 Å². The Morgan fingerprint density at radius 3 is 2.63 bits per heavy atom. The van der Waals surface area contributed by atoms with Crippen LogP contribution in [-0.4, -0.2) is 54.4 Å². The highest BCUT2D eigenvalue weighted by Crippen LogP contribution is 2.50. The van der Waals surface area contributed by atoms with E-state index >= 15 is 0 Å². The fourth-order valence-electron chi connectivity index (χ4n) is 5.30. The number of halogens is 2. The third-order valence-corrected chi connectivity index (χ3v) is 9.10. The number of nitrogens with one attached hydrogen (secondary N) is 1. The van der Waals surface area contributed by atoms with Gasteiger partial charge in [-0.25, -0.2) is 0 Å². The van der Waals surface area contributed by atoms with Crippen LogP contribution >= 0.6 is 10.6 Å². The lowest BCUT2D eigenvalue weighted by Gasteiger charge is -2.32. The summed E-state index contributed by atoms with van der Waals surface area (Å²) in [6.45, 7) is -1.16. The molecule has 2 aromatic carbocycles. The van der Waals surface area contributed by atoms with Crippen LogP contribution in [0.1, 0.15) is 41.4 Å². The van der Waals surface area contributed by atoms with Crippen molar-refractivity contribution in [1.29, 1.82) is 0 Å². The highest BCUT2D eigenvalue weighted by atomic mass is 32.3. The van der Waals surface area contributed by atoms with Crippen molar-refractivity contribution in [3.05, 3.63) is 71.4 Å². The second kappa shape index (κ2) is 10.1. The zero-order chi connectivity index (χ0) is 27.1. The van der Waals surface area contributed by atoms with E-state index in [1.54, 1.807) is 42.5 Å². The standard InChI is InChI=1S/C27H29F2N3O5S/c1-27(12-13-38(35,36)16-27)30-24(33)19-10-11-21-22(15-19)32(25(34)17-6-3-2-4-7-17)31-23(21)18-8-5-9-20(14-18)37-26(28)29/h2-9,14,19,26,35-36H,10-13,15-16H2,1H3,(H,30,33). The van der Waals surface area contributed by atoms with E-state index in [1.165, 1.54) is 16.8 Å². The Kier molecular flexibility index (Phi) is 7.01. The molecule has 3 N–H and O–H groups in total. The van der Waals surface area contributed by atoms with Crippen LogP contribution in [0.3, 0.4) is 0 Å². The highest BCUT2D eigenvalue weighted by Gasteiger charge is 2.41. The first kappa shape index (κ1) is 26.3. The van der Waals surface area contributed by atoms with Crippen LogP contribution in [0.2, 0.25) is 0 Å². The lowest BCUT2D eigenvalue weighted by atomic mass is 9.84. The average molecular weight is 546 g/mol. The van der Waals surface area contributed by atoms with Crippen molar-refractivity contribution < 1.29 is 32.2 Å². The summed E-state index contributed by atoms with van der Waals surface area (Å²) in [5.74, 6) is -0.639. The van der Waals surface area contributed by atoms with Crippen LogP contribution in [0.15, 0.2) is 54.6 Å². The van der Waals surface area contributed by atoms with Gasteiger partial charge in [-0.15, -0.1) is 0 Å².